The Bertz CT molecular complexity index is 993. The lowest BCUT2D eigenvalue weighted by molar-refractivity contribution is -0.111. The molecule has 3 rings (SSSR count). The highest BCUT2D eigenvalue weighted by atomic mass is 32.2. The third-order valence-corrected chi connectivity index (χ3v) is 6.29. The highest BCUT2D eigenvalue weighted by Crippen LogP contribution is 2.34. The van der Waals surface area contributed by atoms with Crippen molar-refractivity contribution in [1.29, 1.82) is 0 Å². The van der Waals surface area contributed by atoms with Gasteiger partial charge in [-0.05, 0) is 43.4 Å². The Morgan fingerprint density at radius 1 is 1.21 bits per heavy atom. The first kappa shape index (κ1) is 20.5. The number of alkyl halides is 2. The van der Waals surface area contributed by atoms with Gasteiger partial charge in [0.2, 0.25) is 5.13 Å². The maximum absolute atomic E-state index is 13.6. The number of hydrogen-bond donors (Lipinski definition) is 1. The van der Waals surface area contributed by atoms with E-state index in [1.165, 1.54) is 24.3 Å². The fraction of sp³-hybridized carbons (Fsp3) is 0.389. The molecule has 1 aromatic carbocycles. The molecule has 2 unspecified atom stereocenters. The Balaban J connectivity index is 1.93. The lowest BCUT2D eigenvalue weighted by Gasteiger charge is -2.11. The summed E-state index contributed by atoms with van der Waals surface area (Å²) in [6.45, 7) is 1.69. The molecule has 0 bridgehead atoms. The van der Waals surface area contributed by atoms with Crippen molar-refractivity contribution in [3.63, 3.8) is 0 Å². The Labute approximate surface area is 165 Å². The van der Waals surface area contributed by atoms with Gasteiger partial charge in [-0.1, -0.05) is 18.2 Å². The minimum absolute atomic E-state index is 0.00269. The molecule has 0 radical (unpaired) electrons. The van der Waals surface area contributed by atoms with Gasteiger partial charge in [-0.25, -0.2) is 22.2 Å². The molecule has 2 atom stereocenters. The zero-order valence-electron chi connectivity index (χ0n) is 15.2. The molecule has 1 aromatic heterocycles. The molecule has 0 aliphatic heterocycles. The van der Waals surface area contributed by atoms with Crippen molar-refractivity contribution in [3.8, 4) is 0 Å². The van der Waals surface area contributed by atoms with Crippen molar-refractivity contribution >= 4 is 38.0 Å². The number of nitrogens with zero attached hydrogens (tertiary/aromatic N) is 2. The van der Waals surface area contributed by atoms with Crippen LogP contribution in [0, 0.1) is 12.8 Å². The number of aromatic nitrogens is 2. The summed E-state index contributed by atoms with van der Waals surface area (Å²) in [5, 5.41) is 2.94. The number of benzene rings is 1. The van der Waals surface area contributed by atoms with Crippen LogP contribution < -0.4 is 5.32 Å². The number of amides is 1. The van der Waals surface area contributed by atoms with E-state index in [9.17, 15) is 22.0 Å². The summed E-state index contributed by atoms with van der Waals surface area (Å²) in [7, 11) is -3.38. The van der Waals surface area contributed by atoms with E-state index in [0.717, 1.165) is 17.8 Å². The van der Waals surface area contributed by atoms with E-state index in [2.05, 4.69) is 14.7 Å². The average molecular weight is 427 g/mol. The minimum Gasteiger partial charge on any atom is -0.297 e. The van der Waals surface area contributed by atoms with Crippen LogP contribution in [0.4, 0.5) is 13.9 Å². The number of rotatable bonds is 5. The highest BCUT2D eigenvalue weighted by molar-refractivity contribution is 7.90. The van der Waals surface area contributed by atoms with Crippen molar-refractivity contribution in [2.45, 2.75) is 37.0 Å². The number of carbonyl (C=O) groups is 1. The molecule has 1 N–H and O–H groups in total. The molecule has 150 valence electrons. The smallest absolute Gasteiger partial charge is 0.257 e. The third-order valence-electron chi connectivity index (χ3n) is 4.44. The zero-order chi connectivity index (χ0) is 20.5. The van der Waals surface area contributed by atoms with Crippen molar-refractivity contribution < 1.29 is 22.0 Å². The van der Waals surface area contributed by atoms with Crippen LogP contribution in [0.3, 0.4) is 0 Å². The van der Waals surface area contributed by atoms with Crippen LogP contribution in [-0.2, 0) is 14.6 Å². The van der Waals surface area contributed by atoms with Crippen LogP contribution in [0.5, 0.6) is 0 Å². The number of aryl methyl sites for hydroxylation is 1. The van der Waals surface area contributed by atoms with Crippen LogP contribution >= 0.6 is 11.5 Å². The van der Waals surface area contributed by atoms with Gasteiger partial charge in [0.1, 0.15) is 18.2 Å². The lowest BCUT2D eigenvalue weighted by atomic mass is 9.98. The number of nitrogens with one attached hydrogen (secondary N) is 1. The van der Waals surface area contributed by atoms with Gasteiger partial charge >= 0.3 is 0 Å². The summed E-state index contributed by atoms with van der Waals surface area (Å²) < 4.78 is 54.4. The summed E-state index contributed by atoms with van der Waals surface area (Å²) in [6.07, 6.45) is -0.475. The molecule has 1 heterocycles. The van der Waals surface area contributed by atoms with E-state index in [0.29, 0.717) is 16.5 Å². The molecule has 6 nitrogen and oxygen atoms in total. The van der Waals surface area contributed by atoms with Gasteiger partial charge in [-0.15, -0.1) is 0 Å². The Kier molecular flexibility index (Phi) is 5.90. The second-order valence-corrected chi connectivity index (χ2v) is 9.51. The molecule has 0 spiro atoms. The fourth-order valence-corrected chi connectivity index (χ4v) is 4.24. The van der Waals surface area contributed by atoms with Gasteiger partial charge in [-0.3, -0.25) is 10.1 Å². The van der Waals surface area contributed by atoms with Gasteiger partial charge in [0.25, 0.3) is 5.91 Å². The molecule has 10 heteroatoms. The van der Waals surface area contributed by atoms with E-state index in [1.54, 1.807) is 13.0 Å². The lowest BCUT2D eigenvalue weighted by Crippen LogP contribution is -2.15. The normalized spacial score (nSPS) is 23.0. The van der Waals surface area contributed by atoms with Crippen LogP contribution in [0.2, 0.25) is 0 Å². The van der Waals surface area contributed by atoms with Gasteiger partial charge in [0.15, 0.2) is 9.84 Å². The average Bonchev–Trinajstić information content (AvgIpc) is 3.17. The van der Waals surface area contributed by atoms with Gasteiger partial charge in [-0.2, -0.15) is 4.37 Å². The number of carbonyl (C=O) groups excluding carboxylic acids is 1. The molecule has 1 aliphatic carbocycles. The first-order chi connectivity index (χ1) is 13.1. The van der Waals surface area contributed by atoms with Gasteiger partial charge in [0.05, 0.1) is 4.90 Å². The van der Waals surface area contributed by atoms with E-state index in [4.69, 9.17) is 0 Å². The summed E-state index contributed by atoms with van der Waals surface area (Å²) >= 11 is 1.02. The van der Waals surface area contributed by atoms with E-state index >= 15 is 0 Å². The highest BCUT2D eigenvalue weighted by Gasteiger charge is 2.34. The van der Waals surface area contributed by atoms with Crippen LogP contribution in [-0.4, -0.2) is 42.3 Å². The van der Waals surface area contributed by atoms with Gasteiger partial charge in [0, 0.05) is 23.4 Å². The molecule has 28 heavy (non-hydrogen) atoms. The molecular formula is C18H19F2N3O3S2. The van der Waals surface area contributed by atoms with E-state index in [-0.39, 0.29) is 23.3 Å². The Morgan fingerprint density at radius 3 is 2.32 bits per heavy atom. The number of sulfone groups is 1. The first-order valence-corrected chi connectivity index (χ1v) is 11.2. The molecule has 2 aromatic rings. The predicted octanol–water partition coefficient (Wildman–Crippen LogP) is 3.36. The number of anilines is 1. The van der Waals surface area contributed by atoms with Crippen LogP contribution in [0.25, 0.3) is 5.57 Å². The second-order valence-electron chi connectivity index (χ2n) is 6.74. The number of allylic oxidation sites excluding steroid dienone is 1. The Hall–Kier alpha value is -2.20. The van der Waals surface area contributed by atoms with Crippen LogP contribution in [0.1, 0.15) is 24.2 Å². The SMILES string of the molecule is Cc1nsc(NC(=O)/C(=C/C2CC(F)C(F)C2)c2ccc(S(C)(=O)=O)cc2)n1. The standard InChI is InChI=1S/C18H19F2N3O3S2/c1-10-21-18(27-23-10)22-17(24)14(7-11-8-15(19)16(20)9-11)12-3-5-13(6-4-12)28(2,25)26/h3-7,11,15-16H,8-9H2,1-2H3,(H,21,22,23,24)/b14-7+. The van der Waals surface area contributed by atoms with E-state index < -0.39 is 34.0 Å². The van der Waals surface area contributed by atoms with Gasteiger partial charge < -0.3 is 0 Å². The van der Waals surface area contributed by atoms with Crippen molar-refractivity contribution in [1.82, 2.24) is 9.36 Å². The largest absolute Gasteiger partial charge is 0.297 e. The molecule has 1 aliphatic rings. The summed E-state index contributed by atoms with van der Waals surface area (Å²) in [5.41, 5.74) is 0.656. The summed E-state index contributed by atoms with van der Waals surface area (Å²) in [6, 6.07) is 5.79. The summed E-state index contributed by atoms with van der Waals surface area (Å²) in [4.78, 5) is 17.0. The number of hydrogen-bond acceptors (Lipinski definition) is 6. The third kappa shape index (κ3) is 4.79. The summed E-state index contributed by atoms with van der Waals surface area (Å²) in [5.74, 6) is -0.419. The zero-order valence-corrected chi connectivity index (χ0v) is 16.9. The minimum atomic E-state index is -3.38. The predicted molar refractivity (Wildman–Crippen MR) is 103 cm³/mol. The molecular weight excluding hydrogens is 408 g/mol. The molecule has 1 saturated carbocycles. The molecule has 1 fully saturated rings. The Morgan fingerprint density at radius 2 is 1.82 bits per heavy atom. The van der Waals surface area contributed by atoms with Crippen molar-refractivity contribution in [3.05, 3.63) is 41.7 Å². The first-order valence-electron chi connectivity index (χ1n) is 8.55. The quantitative estimate of drug-likeness (QED) is 0.739. The fourth-order valence-electron chi connectivity index (χ4n) is 3.04. The van der Waals surface area contributed by atoms with E-state index in [1.807, 2.05) is 0 Å². The second kappa shape index (κ2) is 8.04. The molecule has 0 saturated heterocycles. The topological polar surface area (TPSA) is 89.0 Å². The maximum Gasteiger partial charge on any atom is 0.257 e. The molecule has 1 amide bonds. The van der Waals surface area contributed by atoms with Crippen molar-refractivity contribution in [2.75, 3.05) is 11.6 Å². The maximum atomic E-state index is 13.6. The van der Waals surface area contributed by atoms with Crippen LogP contribution in [0.15, 0.2) is 35.2 Å². The monoisotopic (exact) mass is 427 g/mol. The van der Waals surface area contributed by atoms with Crippen molar-refractivity contribution in [2.24, 2.45) is 5.92 Å². The number of halogens is 2.